The number of fused-ring (bicyclic) bond motifs is 3. The lowest BCUT2D eigenvalue weighted by Crippen LogP contribution is -2.64. The predicted molar refractivity (Wildman–Crippen MR) is 74.4 cm³/mol. The maximum Gasteiger partial charge on any atom is 0.282 e. The summed E-state index contributed by atoms with van der Waals surface area (Å²) >= 11 is 0. The van der Waals surface area contributed by atoms with Crippen LogP contribution in [0.2, 0.25) is 0 Å². The van der Waals surface area contributed by atoms with Crippen LogP contribution in [0.3, 0.4) is 0 Å². The standard InChI is InChI=1S/C16H26O3/c1-5-6-7-8-9-10-16-17-11-15(12-18-16,13-19-16)14(2,3)4/h1H,6-13H2,2-4H3. The van der Waals surface area contributed by atoms with E-state index < -0.39 is 5.97 Å². The fraction of sp³-hybridized carbons (Fsp3) is 0.875. The van der Waals surface area contributed by atoms with E-state index in [1.807, 2.05) is 0 Å². The van der Waals surface area contributed by atoms with Crippen molar-refractivity contribution in [3.8, 4) is 12.3 Å². The first-order valence-corrected chi connectivity index (χ1v) is 7.28. The summed E-state index contributed by atoms with van der Waals surface area (Å²) in [6.07, 6.45) is 10.1. The molecule has 0 spiro atoms. The van der Waals surface area contributed by atoms with Crippen LogP contribution in [-0.4, -0.2) is 25.8 Å². The van der Waals surface area contributed by atoms with Gasteiger partial charge in [0.1, 0.15) is 0 Å². The van der Waals surface area contributed by atoms with E-state index in [1.54, 1.807) is 0 Å². The third-order valence-corrected chi connectivity index (χ3v) is 4.60. The monoisotopic (exact) mass is 266 g/mol. The summed E-state index contributed by atoms with van der Waals surface area (Å²) in [5.41, 5.74) is 0.130. The quantitative estimate of drug-likeness (QED) is 0.564. The average molecular weight is 266 g/mol. The maximum absolute atomic E-state index is 5.92. The van der Waals surface area contributed by atoms with Gasteiger partial charge in [0.2, 0.25) is 0 Å². The highest BCUT2D eigenvalue weighted by molar-refractivity contribution is 4.96. The SMILES string of the molecule is C#CCCCCCC12OCC(C(C)(C)C)(CO1)CO2. The van der Waals surface area contributed by atoms with Crippen molar-refractivity contribution in [2.45, 2.75) is 58.8 Å². The maximum atomic E-state index is 5.92. The van der Waals surface area contributed by atoms with E-state index in [9.17, 15) is 0 Å². The van der Waals surface area contributed by atoms with Gasteiger partial charge in [-0.15, -0.1) is 12.3 Å². The molecule has 2 bridgehead atoms. The molecule has 0 unspecified atom stereocenters. The summed E-state index contributed by atoms with van der Waals surface area (Å²) in [7, 11) is 0. The van der Waals surface area contributed by atoms with Crippen LogP contribution < -0.4 is 0 Å². The molecule has 0 aromatic heterocycles. The second-order valence-electron chi connectivity index (χ2n) is 6.84. The first-order valence-electron chi connectivity index (χ1n) is 7.28. The van der Waals surface area contributed by atoms with Gasteiger partial charge in [0.25, 0.3) is 5.97 Å². The minimum absolute atomic E-state index is 0.00177. The highest BCUT2D eigenvalue weighted by Crippen LogP contribution is 2.49. The molecule has 3 heterocycles. The summed E-state index contributed by atoms with van der Waals surface area (Å²) in [5.74, 6) is 1.89. The van der Waals surface area contributed by atoms with Gasteiger partial charge >= 0.3 is 0 Å². The van der Waals surface area contributed by atoms with Crippen molar-refractivity contribution in [2.24, 2.45) is 10.8 Å². The molecule has 0 atom stereocenters. The Morgan fingerprint density at radius 1 is 1.00 bits per heavy atom. The minimum Gasteiger partial charge on any atom is -0.327 e. The number of unbranched alkanes of at least 4 members (excludes halogenated alkanes) is 3. The number of hydrogen-bond donors (Lipinski definition) is 0. The van der Waals surface area contributed by atoms with Gasteiger partial charge < -0.3 is 14.2 Å². The van der Waals surface area contributed by atoms with Crippen molar-refractivity contribution in [2.75, 3.05) is 19.8 Å². The summed E-state index contributed by atoms with van der Waals surface area (Å²) < 4.78 is 17.7. The molecule has 3 fully saturated rings. The lowest BCUT2D eigenvalue weighted by atomic mass is 9.67. The summed E-state index contributed by atoms with van der Waals surface area (Å²) in [6.45, 7) is 8.88. The van der Waals surface area contributed by atoms with Crippen LogP contribution in [0, 0.1) is 23.2 Å². The second kappa shape index (κ2) is 5.44. The minimum atomic E-state index is -0.775. The fourth-order valence-corrected chi connectivity index (χ4v) is 2.61. The molecule has 3 aliphatic heterocycles. The van der Waals surface area contributed by atoms with Gasteiger partial charge in [-0.2, -0.15) is 0 Å². The number of hydrogen-bond acceptors (Lipinski definition) is 3. The van der Waals surface area contributed by atoms with Crippen LogP contribution in [0.25, 0.3) is 0 Å². The molecule has 0 amide bonds. The van der Waals surface area contributed by atoms with Crippen LogP contribution in [0.5, 0.6) is 0 Å². The largest absolute Gasteiger partial charge is 0.327 e. The molecule has 0 aliphatic carbocycles. The lowest BCUT2D eigenvalue weighted by molar-refractivity contribution is -0.480. The van der Waals surface area contributed by atoms with Gasteiger partial charge in [0.05, 0.1) is 19.8 Å². The molecule has 0 N–H and O–H groups in total. The smallest absolute Gasteiger partial charge is 0.282 e. The molecule has 3 aliphatic rings. The van der Waals surface area contributed by atoms with Crippen molar-refractivity contribution < 1.29 is 14.2 Å². The highest BCUT2D eigenvalue weighted by Gasteiger charge is 2.56. The summed E-state index contributed by atoms with van der Waals surface area (Å²) in [6, 6.07) is 0. The van der Waals surface area contributed by atoms with E-state index in [0.29, 0.717) is 0 Å². The van der Waals surface area contributed by atoms with Crippen LogP contribution in [0.4, 0.5) is 0 Å². The lowest BCUT2D eigenvalue weighted by Gasteiger charge is -2.57. The molecule has 0 aromatic rings. The van der Waals surface area contributed by atoms with E-state index >= 15 is 0 Å². The molecule has 3 heteroatoms. The van der Waals surface area contributed by atoms with Gasteiger partial charge in [-0.1, -0.05) is 27.2 Å². The van der Waals surface area contributed by atoms with Crippen LogP contribution >= 0.6 is 0 Å². The normalized spacial score (nSPS) is 34.2. The highest BCUT2D eigenvalue weighted by atomic mass is 16.9. The molecule has 3 rings (SSSR count). The molecule has 0 radical (unpaired) electrons. The van der Waals surface area contributed by atoms with Crippen LogP contribution in [0.1, 0.15) is 52.9 Å². The third kappa shape index (κ3) is 2.97. The van der Waals surface area contributed by atoms with Gasteiger partial charge in [-0.25, -0.2) is 0 Å². The average Bonchev–Trinajstić information content (AvgIpc) is 2.39. The zero-order chi connectivity index (χ0) is 14.0. The summed E-state index contributed by atoms with van der Waals surface area (Å²) in [4.78, 5) is 0. The van der Waals surface area contributed by atoms with E-state index in [1.165, 1.54) is 0 Å². The second-order valence-corrected chi connectivity index (χ2v) is 6.84. The Labute approximate surface area is 117 Å². The Morgan fingerprint density at radius 2 is 1.58 bits per heavy atom. The van der Waals surface area contributed by atoms with Crippen molar-refractivity contribution in [3.05, 3.63) is 0 Å². The van der Waals surface area contributed by atoms with Crippen molar-refractivity contribution in [1.29, 1.82) is 0 Å². The molecule has 19 heavy (non-hydrogen) atoms. The van der Waals surface area contributed by atoms with Gasteiger partial charge in [-0.05, 0) is 18.3 Å². The van der Waals surface area contributed by atoms with Crippen LogP contribution in [0.15, 0.2) is 0 Å². The van der Waals surface area contributed by atoms with Gasteiger partial charge in [0.15, 0.2) is 0 Å². The Kier molecular flexibility index (Phi) is 4.25. The van der Waals surface area contributed by atoms with E-state index in [0.717, 1.165) is 51.9 Å². The Morgan fingerprint density at radius 3 is 2.05 bits per heavy atom. The van der Waals surface area contributed by atoms with E-state index in [2.05, 4.69) is 26.7 Å². The Balaban J connectivity index is 1.82. The van der Waals surface area contributed by atoms with E-state index in [4.69, 9.17) is 20.6 Å². The van der Waals surface area contributed by atoms with E-state index in [-0.39, 0.29) is 10.8 Å². The molecule has 0 saturated carbocycles. The fourth-order valence-electron chi connectivity index (χ4n) is 2.61. The van der Waals surface area contributed by atoms with Crippen molar-refractivity contribution in [1.82, 2.24) is 0 Å². The van der Waals surface area contributed by atoms with Crippen molar-refractivity contribution >= 4 is 0 Å². The Bertz CT molecular complexity index is 323. The van der Waals surface area contributed by atoms with Crippen molar-refractivity contribution in [3.63, 3.8) is 0 Å². The van der Waals surface area contributed by atoms with Gasteiger partial charge in [0, 0.05) is 18.3 Å². The topological polar surface area (TPSA) is 27.7 Å². The Hall–Kier alpha value is -0.560. The molecular formula is C16H26O3. The molecular weight excluding hydrogens is 240 g/mol. The first kappa shape index (κ1) is 14.8. The van der Waals surface area contributed by atoms with Gasteiger partial charge in [-0.3, -0.25) is 0 Å². The number of terminal acetylenes is 1. The number of rotatable bonds is 5. The first-order chi connectivity index (χ1) is 8.93. The van der Waals surface area contributed by atoms with Crippen LogP contribution in [-0.2, 0) is 14.2 Å². The summed E-state index contributed by atoms with van der Waals surface area (Å²) in [5, 5.41) is 0. The zero-order valence-electron chi connectivity index (χ0n) is 12.5. The zero-order valence-corrected chi connectivity index (χ0v) is 12.5. The predicted octanol–water partition coefficient (Wildman–Crippen LogP) is 3.33. The molecule has 108 valence electrons. The third-order valence-electron chi connectivity index (χ3n) is 4.60. The molecule has 0 aromatic carbocycles. The molecule has 3 nitrogen and oxygen atoms in total. The molecule has 3 saturated heterocycles. The number of ether oxygens (including phenoxy) is 3.